The van der Waals surface area contributed by atoms with Gasteiger partial charge in [-0.1, -0.05) is 26.0 Å². The lowest BCUT2D eigenvalue weighted by Gasteiger charge is -2.10. The van der Waals surface area contributed by atoms with Crippen molar-refractivity contribution < 1.29 is 19.0 Å². The summed E-state index contributed by atoms with van der Waals surface area (Å²) in [5.41, 5.74) is 2.26. The molecule has 0 fully saturated rings. The van der Waals surface area contributed by atoms with Crippen LogP contribution in [-0.2, 0) is 16.1 Å². The van der Waals surface area contributed by atoms with Crippen LogP contribution < -0.4 is 14.9 Å². The number of aromatic nitrogens is 1. The second-order valence-electron chi connectivity index (χ2n) is 6.94. The van der Waals surface area contributed by atoms with Crippen LogP contribution in [0.5, 0.6) is 11.5 Å². The molecule has 1 aromatic heterocycles. The van der Waals surface area contributed by atoms with E-state index in [0.717, 1.165) is 17.5 Å². The molecule has 0 saturated carbocycles. The predicted octanol–water partition coefficient (Wildman–Crippen LogP) is 3.54. The number of nitrogens with one attached hydrogen (secondary N) is 1. The molecule has 1 aromatic carbocycles. The molecule has 0 atom stereocenters. The molecule has 1 heterocycles. The molecular weight excluding hydrogens is 346 g/mol. The second-order valence-corrected chi connectivity index (χ2v) is 6.94. The summed E-state index contributed by atoms with van der Waals surface area (Å²) in [6, 6.07) is 7.17. The van der Waals surface area contributed by atoms with Crippen molar-refractivity contribution >= 4 is 5.97 Å². The van der Waals surface area contributed by atoms with E-state index in [0.29, 0.717) is 24.0 Å². The van der Waals surface area contributed by atoms with Gasteiger partial charge >= 0.3 is 5.97 Å². The number of aryl methyl sites for hydroxylation is 2. The summed E-state index contributed by atoms with van der Waals surface area (Å²) in [6.07, 6.45) is 2.37. The quantitative estimate of drug-likeness (QED) is 0.680. The van der Waals surface area contributed by atoms with E-state index in [2.05, 4.69) is 18.8 Å². The molecule has 0 radical (unpaired) electrons. The number of hydrogen-bond donors (Lipinski definition) is 1. The maximum Gasteiger partial charge on any atom is 0.344 e. The topological polar surface area (TPSA) is 77.6 Å². The van der Waals surface area contributed by atoms with Gasteiger partial charge in [0.05, 0.1) is 12.3 Å². The van der Waals surface area contributed by atoms with Crippen molar-refractivity contribution in [1.82, 2.24) is 4.98 Å². The Morgan fingerprint density at radius 3 is 2.59 bits per heavy atom. The van der Waals surface area contributed by atoms with Crippen LogP contribution in [0.2, 0.25) is 0 Å². The van der Waals surface area contributed by atoms with Crippen LogP contribution in [0.4, 0.5) is 0 Å². The van der Waals surface area contributed by atoms with Gasteiger partial charge in [-0.3, -0.25) is 4.79 Å². The van der Waals surface area contributed by atoms with Crippen LogP contribution in [0.15, 0.2) is 35.3 Å². The molecule has 6 heteroatoms. The molecule has 0 aliphatic carbocycles. The molecule has 0 unspecified atom stereocenters. The molecule has 0 aliphatic heterocycles. The van der Waals surface area contributed by atoms with Gasteiger partial charge in [-0.15, -0.1) is 0 Å². The van der Waals surface area contributed by atoms with E-state index in [1.54, 1.807) is 0 Å². The first-order chi connectivity index (χ1) is 12.8. The standard InChI is InChI=1S/C21H27NO5/c1-14(2)7-8-25-20-11-22-17(10-18(20)23)12-27-21(24)13-26-19-9-15(3)5-6-16(19)4/h5-6,9-11,14H,7-8,12-13H2,1-4H3,(H,22,23). The van der Waals surface area contributed by atoms with Crippen molar-refractivity contribution in [2.45, 2.75) is 40.7 Å². The van der Waals surface area contributed by atoms with E-state index in [-0.39, 0.29) is 24.4 Å². The first kappa shape index (κ1) is 20.6. The van der Waals surface area contributed by atoms with Gasteiger partial charge in [0.15, 0.2) is 12.4 Å². The van der Waals surface area contributed by atoms with Gasteiger partial charge in [0.2, 0.25) is 5.43 Å². The molecule has 0 saturated heterocycles. The van der Waals surface area contributed by atoms with Crippen molar-refractivity contribution in [3.63, 3.8) is 0 Å². The third-order valence-electron chi connectivity index (χ3n) is 3.97. The zero-order chi connectivity index (χ0) is 19.8. The summed E-state index contributed by atoms with van der Waals surface area (Å²) in [6.45, 7) is 8.32. The Kier molecular flexibility index (Phi) is 7.46. The molecule has 0 amide bonds. The molecule has 0 bridgehead atoms. The van der Waals surface area contributed by atoms with Gasteiger partial charge in [0.1, 0.15) is 12.4 Å². The highest BCUT2D eigenvalue weighted by Gasteiger charge is 2.09. The third-order valence-corrected chi connectivity index (χ3v) is 3.97. The molecule has 146 valence electrons. The fourth-order valence-electron chi connectivity index (χ4n) is 2.30. The molecule has 6 nitrogen and oxygen atoms in total. The molecule has 1 N–H and O–H groups in total. The molecule has 2 rings (SSSR count). The van der Waals surface area contributed by atoms with Crippen molar-refractivity contribution in [3.05, 3.63) is 57.5 Å². The number of carbonyl (C=O) groups excluding carboxylic acids is 1. The van der Waals surface area contributed by atoms with E-state index in [4.69, 9.17) is 14.2 Å². The number of H-pyrrole nitrogens is 1. The average molecular weight is 373 g/mol. The number of ether oxygens (including phenoxy) is 3. The number of hydrogen-bond acceptors (Lipinski definition) is 5. The smallest absolute Gasteiger partial charge is 0.344 e. The lowest BCUT2D eigenvalue weighted by atomic mass is 10.1. The summed E-state index contributed by atoms with van der Waals surface area (Å²) >= 11 is 0. The van der Waals surface area contributed by atoms with Gasteiger partial charge in [-0.2, -0.15) is 0 Å². The van der Waals surface area contributed by atoms with E-state index in [1.165, 1.54) is 12.3 Å². The van der Waals surface area contributed by atoms with E-state index >= 15 is 0 Å². The Bertz CT molecular complexity index is 826. The van der Waals surface area contributed by atoms with Crippen LogP contribution in [0.1, 0.15) is 37.1 Å². The van der Waals surface area contributed by atoms with Crippen LogP contribution in [0.3, 0.4) is 0 Å². The summed E-state index contributed by atoms with van der Waals surface area (Å²) in [5.74, 6) is 0.926. The third kappa shape index (κ3) is 6.81. The SMILES string of the molecule is Cc1ccc(C)c(OCC(=O)OCc2cc(=O)c(OCCC(C)C)c[nH]2)c1. The highest BCUT2D eigenvalue weighted by atomic mass is 16.6. The Balaban J connectivity index is 1.81. The molecular formula is C21H27NO5. The maximum absolute atomic E-state index is 12.0. The number of benzene rings is 1. The van der Waals surface area contributed by atoms with Crippen LogP contribution in [0.25, 0.3) is 0 Å². The molecule has 2 aromatic rings. The largest absolute Gasteiger partial charge is 0.488 e. The van der Waals surface area contributed by atoms with Gasteiger partial charge < -0.3 is 19.2 Å². The normalized spacial score (nSPS) is 10.7. The minimum Gasteiger partial charge on any atom is -0.488 e. The van der Waals surface area contributed by atoms with Crippen molar-refractivity contribution in [3.8, 4) is 11.5 Å². The van der Waals surface area contributed by atoms with Crippen molar-refractivity contribution in [1.29, 1.82) is 0 Å². The van der Waals surface area contributed by atoms with Crippen LogP contribution >= 0.6 is 0 Å². The first-order valence-electron chi connectivity index (χ1n) is 9.05. The van der Waals surface area contributed by atoms with Gasteiger partial charge in [0.25, 0.3) is 0 Å². The zero-order valence-corrected chi connectivity index (χ0v) is 16.3. The lowest BCUT2D eigenvalue weighted by Crippen LogP contribution is -2.17. The van der Waals surface area contributed by atoms with Gasteiger partial charge in [-0.05, 0) is 43.4 Å². The first-order valence-corrected chi connectivity index (χ1v) is 9.05. The highest BCUT2D eigenvalue weighted by Crippen LogP contribution is 2.19. The Hall–Kier alpha value is -2.76. The second kappa shape index (κ2) is 9.80. The molecule has 27 heavy (non-hydrogen) atoms. The van der Waals surface area contributed by atoms with E-state index in [9.17, 15) is 9.59 Å². The predicted molar refractivity (Wildman–Crippen MR) is 103 cm³/mol. The minimum atomic E-state index is -0.506. The summed E-state index contributed by atoms with van der Waals surface area (Å²) in [5, 5.41) is 0. The maximum atomic E-state index is 12.0. The van der Waals surface area contributed by atoms with Crippen LogP contribution in [-0.4, -0.2) is 24.2 Å². The number of esters is 1. The summed E-state index contributed by atoms with van der Waals surface area (Å²) < 4.78 is 16.1. The van der Waals surface area contributed by atoms with Crippen molar-refractivity contribution in [2.75, 3.05) is 13.2 Å². The number of aromatic amines is 1. The highest BCUT2D eigenvalue weighted by molar-refractivity contribution is 5.71. The monoisotopic (exact) mass is 373 g/mol. The minimum absolute atomic E-state index is 0.0312. The van der Waals surface area contributed by atoms with Crippen molar-refractivity contribution in [2.24, 2.45) is 5.92 Å². The number of pyridine rings is 1. The van der Waals surface area contributed by atoms with Crippen LogP contribution in [0, 0.1) is 19.8 Å². The summed E-state index contributed by atoms with van der Waals surface area (Å²) in [4.78, 5) is 26.8. The summed E-state index contributed by atoms with van der Waals surface area (Å²) in [7, 11) is 0. The lowest BCUT2D eigenvalue weighted by molar-refractivity contribution is -0.147. The Labute approximate surface area is 159 Å². The fraction of sp³-hybridized carbons (Fsp3) is 0.429. The van der Waals surface area contributed by atoms with Gasteiger partial charge in [-0.25, -0.2) is 4.79 Å². The molecule has 0 aliphatic rings. The number of rotatable bonds is 9. The Morgan fingerprint density at radius 1 is 1.11 bits per heavy atom. The molecule has 0 spiro atoms. The number of carbonyl (C=O) groups is 1. The van der Waals surface area contributed by atoms with E-state index < -0.39 is 5.97 Å². The van der Waals surface area contributed by atoms with E-state index in [1.807, 2.05) is 32.0 Å². The van der Waals surface area contributed by atoms with Gasteiger partial charge in [0, 0.05) is 12.3 Å². The average Bonchev–Trinajstić information content (AvgIpc) is 2.62. The Morgan fingerprint density at radius 2 is 1.89 bits per heavy atom. The zero-order valence-electron chi connectivity index (χ0n) is 16.3. The fourth-order valence-corrected chi connectivity index (χ4v) is 2.30.